The Bertz CT molecular complexity index is 344. The molecule has 2 heteroatoms. The van der Waals surface area contributed by atoms with Crippen molar-refractivity contribution in [1.82, 2.24) is 0 Å². The second-order valence-corrected chi connectivity index (χ2v) is 3.41. The summed E-state index contributed by atoms with van der Waals surface area (Å²) in [4.78, 5) is 0. The molecule has 1 aromatic rings. The number of ether oxygens (including phenoxy) is 1. The van der Waals surface area contributed by atoms with Gasteiger partial charge in [-0.1, -0.05) is 12.2 Å². The zero-order valence-corrected chi connectivity index (χ0v) is 8.42. The Kier molecular flexibility index (Phi) is 2.73. The van der Waals surface area contributed by atoms with Crippen molar-refractivity contribution in [2.24, 2.45) is 0 Å². The highest BCUT2D eigenvalue weighted by Crippen LogP contribution is 2.23. The van der Waals surface area contributed by atoms with Crippen LogP contribution in [0, 0.1) is 0 Å². The first-order valence-corrected chi connectivity index (χ1v) is 4.96. The Morgan fingerprint density at radius 2 is 2.21 bits per heavy atom. The molecular weight excluding hydrogens is 174 g/mol. The maximum absolute atomic E-state index is 5.20. The van der Waals surface area contributed by atoms with E-state index in [2.05, 4.69) is 29.6 Å². The van der Waals surface area contributed by atoms with Crippen LogP contribution in [0.3, 0.4) is 0 Å². The number of allylic oxidation sites excluding steroid dienone is 1. The molecule has 0 radical (unpaired) electrons. The average Bonchev–Trinajstić information content (AvgIpc) is 2.18. The predicted molar refractivity (Wildman–Crippen MR) is 58.9 cm³/mol. The van der Waals surface area contributed by atoms with Crippen LogP contribution >= 0.6 is 0 Å². The number of rotatable bonds is 1. The first-order valence-electron chi connectivity index (χ1n) is 4.96. The second-order valence-electron chi connectivity index (χ2n) is 3.41. The molecule has 0 spiro atoms. The van der Waals surface area contributed by atoms with Gasteiger partial charge in [0.15, 0.2) is 0 Å². The molecule has 1 heterocycles. The summed E-state index contributed by atoms with van der Waals surface area (Å²) in [6.45, 7) is 1.01. The Hall–Kier alpha value is -1.44. The SMILES string of the molecule is COc1ccc2c(c1)C/C=C\CCN2. The molecule has 0 saturated heterocycles. The van der Waals surface area contributed by atoms with Crippen LogP contribution in [0.1, 0.15) is 12.0 Å². The minimum atomic E-state index is 0.930. The van der Waals surface area contributed by atoms with E-state index in [1.807, 2.05) is 6.07 Å². The second kappa shape index (κ2) is 4.18. The van der Waals surface area contributed by atoms with Crippen LogP contribution in [-0.4, -0.2) is 13.7 Å². The first-order chi connectivity index (χ1) is 6.90. The summed E-state index contributed by atoms with van der Waals surface area (Å²) in [6.07, 6.45) is 6.53. The van der Waals surface area contributed by atoms with Crippen molar-refractivity contribution in [3.8, 4) is 5.75 Å². The molecular formula is C12H15NO. The standard InChI is InChI=1S/C12H15NO/c1-14-11-6-7-12-10(9-11)5-3-2-4-8-13-12/h2-3,6-7,9,13H,4-5,8H2,1H3/b3-2-. The van der Waals surface area contributed by atoms with E-state index in [-0.39, 0.29) is 0 Å². The maximum atomic E-state index is 5.20. The van der Waals surface area contributed by atoms with Gasteiger partial charge in [-0.15, -0.1) is 0 Å². The lowest BCUT2D eigenvalue weighted by Gasteiger charge is -2.13. The zero-order chi connectivity index (χ0) is 9.80. The summed E-state index contributed by atoms with van der Waals surface area (Å²) in [7, 11) is 1.70. The van der Waals surface area contributed by atoms with Gasteiger partial charge in [-0.2, -0.15) is 0 Å². The molecule has 1 N–H and O–H groups in total. The summed E-state index contributed by atoms with van der Waals surface area (Å²) in [6, 6.07) is 6.18. The van der Waals surface area contributed by atoms with Crippen LogP contribution < -0.4 is 10.1 Å². The van der Waals surface area contributed by atoms with Crippen molar-refractivity contribution >= 4 is 5.69 Å². The monoisotopic (exact) mass is 189 g/mol. The molecule has 2 nitrogen and oxygen atoms in total. The Morgan fingerprint density at radius 1 is 1.29 bits per heavy atom. The molecule has 0 fully saturated rings. The van der Waals surface area contributed by atoms with E-state index >= 15 is 0 Å². The third-order valence-corrected chi connectivity index (χ3v) is 2.44. The summed E-state index contributed by atoms with van der Waals surface area (Å²) in [5.41, 5.74) is 2.54. The topological polar surface area (TPSA) is 21.3 Å². The van der Waals surface area contributed by atoms with E-state index in [0.717, 1.165) is 25.1 Å². The van der Waals surface area contributed by atoms with Crippen molar-refractivity contribution in [3.63, 3.8) is 0 Å². The summed E-state index contributed by atoms with van der Waals surface area (Å²) < 4.78 is 5.20. The smallest absolute Gasteiger partial charge is 0.119 e. The van der Waals surface area contributed by atoms with Crippen LogP contribution in [-0.2, 0) is 6.42 Å². The van der Waals surface area contributed by atoms with Gasteiger partial charge in [0, 0.05) is 12.2 Å². The van der Waals surface area contributed by atoms with E-state index in [1.54, 1.807) is 7.11 Å². The maximum Gasteiger partial charge on any atom is 0.119 e. The summed E-state index contributed by atoms with van der Waals surface area (Å²) in [5, 5.41) is 3.41. The van der Waals surface area contributed by atoms with Crippen LogP contribution in [0.5, 0.6) is 5.75 Å². The third kappa shape index (κ3) is 1.90. The van der Waals surface area contributed by atoms with Gasteiger partial charge in [0.25, 0.3) is 0 Å². The first kappa shape index (κ1) is 9.13. The van der Waals surface area contributed by atoms with Gasteiger partial charge in [0.2, 0.25) is 0 Å². The van der Waals surface area contributed by atoms with Crippen LogP contribution in [0.2, 0.25) is 0 Å². The van der Waals surface area contributed by atoms with Crippen molar-refractivity contribution < 1.29 is 4.74 Å². The van der Waals surface area contributed by atoms with E-state index in [4.69, 9.17) is 4.74 Å². The van der Waals surface area contributed by atoms with Crippen molar-refractivity contribution in [2.45, 2.75) is 12.8 Å². The molecule has 74 valence electrons. The van der Waals surface area contributed by atoms with E-state index in [0.29, 0.717) is 0 Å². The lowest BCUT2D eigenvalue weighted by molar-refractivity contribution is 0.414. The highest BCUT2D eigenvalue weighted by molar-refractivity contribution is 5.55. The van der Waals surface area contributed by atoms with Crippen LogP contribution in [0.4, 0.5) is 5.69 Å². The van der Waals surface area contributed by atoms with Gasteiger partial charge in [-0.05, 0) is 36.6 Å². The fourth-order valence-corrected chi connectivity index (χ4v) is 1.66. The third-order valence-electron chi connectivity index (χ3n) is 2.44. The molecule has 1 aliphatic heterocycles. The minimum absolute atomic E-state index is 0.930. The molecule has 1 aromatic carbocycles. The average molecular weight is 189 g/mol. The molecule has 14 heavy (non-hydrogen) atoms. The van der Waals surface area contributed by atoms with Gasteiger partial charge in [0.05, 0.1) is 7.11 Å². The lowest BCUT2D eigenvalue weighted by atomic mass is 10.1. The number of hydrogen-bond donors (Lipinski definition) is 1. The normalized spacial score (nSPS) is 17.2. The Labute approximate surface area is 84.6 Å². The van der Waals surface area contributed by atoms with Gasteiger partial charge < -0.3 is 10.1 Å². The van der Waals surface area contributed by atoms with Gasteiger partial charge >= 0.3 is 0 Å². The zero-order valence-electron chi connectivity index (χ0n) is 8.42. The van der Waals surface area contributed by atoms with Crippen molar-refractivity contribution in [1.29, 1.82) is 0 Å². The Balaban J connectivity index is 2.32. The van der Waals surface area contributed by atoms with E-state index < -0.39 is 0 Å². The number of benzene rings is 1. The molecule has 0 aliphatic carbocycles. The van der Waals surface area contributed by atoms with Crippen molar-refractivity contribution in [2.75, 3.05) is 19.0 Å². The fraction of sp³-hybridized carbons (Fsp3) is 0.333. The van der Waals surface area contributed by atoms with Gasteiger partial charge in [-0.3, -0.25) is 0 Å². The fourth-order valence-electron chi connectivity index (χ4n) is 1.66. The van der Waals surface area contributed by atoms with Gasteiger partial charge in [-0.25, -0.2) is 0 Å². The predicted octanol–water partition coefficient (Wildman–Crippen LogP) is 2.61. The number of anilines is 1. The summed E-state index contributed by atoms with van der Waals surface area (Å²) >= 11 is 0. The molecule has 0 saturated carbocycles. The number of fused-ring (bicyclic) bond motifs is 1. The molecule has 2 rings (SSSR count). The quantitative estimate of drug-likeness (QED) is 0.686. The largest absolute Gasteiger partial charge is 0.497 e. The molecule has 1 aliphatic rings. The number of hydrogen-bond acceptors (Lipinski definition) is 2. The molecule has 0 amide bonds. The molecule has 0 unspecified atom stereocenters. The minimum Gasteiger partial charge on any atom is -0.497 e. The van der Waals surface area contributed by atoms with Crippen molar-refractivity contribution in [3.05, 3.63) is 35.9 Å². The Morgan fingerprint density at radius 3 is 3.07 bits per heavy atom. The molecule has 0 aromatic heterocycles. The van der Waals surface area contributed by atoms with Crippen LogP contribution in [0.15, 0.2) is 30.4 Å². The highest BCUT2D eigenvalue weighted by atomic mass is 16.5. The van der Waals surface area contributed by atoms with E-state index in [1.165, 1.54) is 11.3 Å². The van der Waals surface area contributed by atoms with Crippen LogP contribution in [0.25, 0.3) is 0 Å². The lowest BCUT2D eigenvalue weighted by Crippen LogP contribution is -2.05. The highest BCUT2D eigenvalue weighted by Gasteiger charge is 2.04. The summed E-state index contributed by atoms with van der Waals surface area (Å²) in [5.74, 6) is 0.930. The van der Waals surface area contributed by atoms with Gasteiger partial charge in [0.1, 0.15) is 5.75 Å². The van der Waals surface area contributed by atoms with E-state index in [9.17, 15) is 0 Å². The molecule has 0 atom stereocenters. The number of methoxy groups -OCH3 is 1. The number of nitrogens with one attached hydrogen (secondary N) is 1. The molecule has 0 bridgehead atoms.